The minimum Gasteiger partial charge on any atom is -0.339 e. The Hall–Kier alpha value is -0.860. The van der Waals surface area contributed by atoms with Crippen LogP contribution in [0.5, 0.6) is 0 Å². The molecular weight excluding hydrogens is 327 g/mol. The molecule has 4 nitrogen and oxygen atoms in total. The van der Waals surface area contributed by atoms with Crippen molar-refractivity contribution >= 4 is 29.7 Å². The average molecular weight is 344 g/mol. The highest BCUT2D eigenvalue weighted by molar-refractivity contribution is 7.09. The molecule has 120 valence electrons. The number of carbonyl (C=O) groups is 1. The molecule has 1 aromatic heterocycles. The van der Waals surface area contributed by atoms with Gasteiger partial charge in [-0.2, -0.15) is 13.2 Å². The van der Waals surface area contributed by atoms with Gasteiger partial charge in [0, 0.05) is 11.9 Å². The van der Waals surface area contributed by atoms with Gasteiger partial charge < -0.3 is 11.1 Å². The lowest BCUT2D eigenvalue weighted by Gasteiger charge is -2.26. The lowest BCUT2D eigenvalue weighted by molar-refractivity contribution is -0.164. The highest BCUT2D eigenvalue weighted by Gasteiger charge is 2.46. The van der Waals surface area contributed by atoms with Crippen LogP contribution in [0.3, 0.4) is 0 Å². The number of thiazole rings is 1. The van der Waals surface area contributed by atoms with Crippen LogP contribution in [0.25, 0.3) is 0 Å². The van der Waals surface area contributed by atoms with Gasteiger partial charge in [-0.25, -0.2) is 4.98 Å². The van der Waals surface area contributed by atoms with Crippen LogP contribution in [-0.2, 0) is 6.54 Å². The van der Waals surface area contributed by atoms with Crippen molar-refractivity contribution in [3.8, 4) is 0 Å². The summed E-state index contributed by atoms with van der Waals surface area (Å²) >= 11 is 1.17. The molecule has 3 N–H and O–H groups in total. The van der Waals surface area contributed by atoms with Crippen LogP contribution < -0.4 is 11.1 Å². The van der Waals surface area contributed by atoms with Gasteiger partial charge in [-0.1, -0.05) is 12.8 Å². The van der Waals surface area contributed by atoms with Crippen molar-refractivity contribution < 1.29 is 18.0 Å². The summed E-state index contributed by atoms with van der Waals surface area (Å²) in [5.74, 6) is -1.32. The first kappa shape index (κ1) is 18.2. The molecule has 0 saturated heterocycles. The Bertz CT molecular complexity index is 475. The Morgan fingerprint density at radius 3 is 2.57 bits per heavy atom. The van der Waals surface area contributed by atoms with Gasteiger partial charge in [0.25, 0.3) is 5.91 Å². The standard InChI is InChI=1S/C12H16F3N3OS.ClH/c13-12(14,15)10(7-3-1-2-4-7)18-11(19)8-6-20-9(5-16)17-8;/h6-7,10H,1-5,16H2,(H,18,19);1H. The zero-order chi connectivity index (χ0) is 14.8. The molecule has 1 fully saturated rings. The van der Waals surface area contributed by atoms with E-state index in [4.69, 9.17) is 5.73 Å². The molecule has 1 aliphatic rings. The van der Waals surface area contributed by atoms with Gasteiger partial charge in [-0.05, 0) is 18.8 Å². The molecule has 9 heteroatoms. The molecule has 1 aliphatic carbocycles. The molecule has 1 saturated carbocycles. The van der Waals surface area contributed by atoms with Crippen molar-refractivity contribution in [3.05, 3.63) is 16.1 Å². The fourth-order valence-electron chi connectivity index (χ4n) is 2.48. The fourth-order valence-corrected chi connectivity index (χ4v) is 3.14. The zero-order valence-electron chi connectivity index (χ0n) is 11.2. The number of nitrogens with one attached hydrogen (secondary N) is 1. The van der Waals surface area contributed by atoms with Crippen molar-refractivity contribution in [2.45, 2.75) is 44.4 Å². The van der Waals surface area contributed by atoms with E-state index in [0.29, 0.717) is 17.8 Å². The number of alkyl halides is 3. The Kier molecular flexibility index (Phi) is 6.42. The number of amides is 1. The second kappa shape index (κ2) is 7.42. The monoisotopic (exact) mass is 343 g/mol. The Balaban J connectivity index is 0.00000220. The lowest BCUT2D eigenvalue weighted by atomic mass is 9.97. The van der Waals surface area contributed by atoms with Gasteiger partial charge >= 0.3 is 6.18 Å². The quantitative estimate of drug-likeness (QED) is 0.883. The van der Waals surface area contributed by atoms with Crippen molar-refractivity contribution in [3.63, 3.8) is 0 Å². The maximum atomic E-state index is 13.1. The molecule has 1 amide bonds. The number of hydrogen-bond acceptors (Lipinski definition) is 4. The highest BCUT2D eigenvalue weighted by Crippen LogP contribution is 2.35. The van der Waals surface area contributed by atoms with E-state index in [1.165, 1.54) is 16.7 Å². The fraction of sp³-hybridized carbons (Fsp3) is 0.667. The van der Waals surface area contributed by atoms with Gasteiger partial charge in [0.15, 0.2) is 0 Å². The number of nitrogens with two attached hydrogens (primary N) is 1. The number of hydrogen-bond donors (Lipinski definition) is 2. The van der Waals surface area contributed by atoms with Crippen molar-refractivity contribution in [2.24, 2.45) is 11.7 Å². The Morgan fingerprint density at radius 2 is 2.10 bits per heavy atom. The Morgan fingerprint density at radius 1 is 1.48 bits per heavy atom. The third-order valence-electron chi connectivity index (χ3n) is 3.47. The number of carbonyl (C=O) groups excluding carboxylic acids is 1. The van der Waals surface area contributed by atoms with E-state index in [1.807, 2.05) is 0 Å². The maximum Gasteiger partial charge on any atom is 0.408 e. The molecule has 1 heterocycles. The Labute approximate surface area is 130 Å². The van der Waals surface area contributed by atoms with Crippen LogP contribution in [0, 0.1) is 5.92 Å². The SMILES string of the molecule is Cl.NCc1nc(C(=O)NC(C2CCCC2)C(F)(F)F)cs1. The van der Waals surface area contributed by atoms with Gasteiger partial charge in [0.1, 0.15) is 16.7 Å². The van der Waals surface area contributed by atoms with E-state index < -0.39 is 24.0 Å². The minimum absolute atomic E-state index is 0. The number of aromatic nitrogens is 1. The van der Waals surface area contributed by atoms with E-state index in [1.54, 1.807) is 0 Å². The predicted octanol–water partition coefficient (Wildman–Crippen LogP) is 2.87. The van der Waals surface area contributed by atoms with E-state index in [9.17, 15) is 18.0 Å². The summed E-state index contributed by atoms with van der Waals surface area (Å²) in [4.78, 5) is 15.8. The highest BCUT2D eigenvalue weighted by atomic mass is 35.5. The molecule has 0 spiro atoms. The van der Waals surface area contributed by atoms with Gasteiger partial charge in [0.2, 0.25) is 0 Å². The summed E-state index contributed by atoms with van der Waals surface area (Å²) in [6, 6.07) is -1.79. The minimum atomic E-state index is -4.43. The van der Waals surface area contributed by atoms with Gasteiger partial charge in [0.05, 0.1) is 0 Å². The molecule has 21 heavy (non-hydrogen) atoms. The normalized spacial score (nSPS) is 17.3. The maximum absolute atomic E-state index is 13.1. The summed E-state index contributed by atoms with van der Waals surface area (Å²) in [6.45, 7) is 0.170. The van der Waals surface area contributed by atoms with Crippen molar-refractivity contribution in [1.82, 2.24) is 10.3 Å². The van der Waals surface area contributed by atoms with Crippen molar-refractivity contribution in [2.75, 3.05) is 0 Å². The third-order valence-corrected chi connectivity index (χ3v) is 4.34. The summed E-state index contributed by atoms with van der Waals surface area (Å²) in [5, 5.41) is 4.05. The number of rotatable bonds is 4. The molecule has 1 aromatic rings. The van der Waals surface area contributed by atoms with E-state index in [-0.39, 0.29) is 24.6 Å². The first-order valence-electron chi connectivity index (χ1n) is 6.44. The zero-order valence-corrected chi connectivity index (χ0v) is 12.8. The first-order valence-corrected chi connectivity index (χ1v) is 7.32. The molecular formula is C12H17ClF3N3OS. The van der Waals surface area contributed by atoms with Gasteiger partial charge in [-0.3, -0.25) is 4.79 Å². The molecule has 0 radical (unpaired) electrons. The van der Waals surface area contributed by atoms with E-state index in [0.717, 1.165) is 12.8 Å². The molecule has 0 aliphatic heterocycles. The summed E-state index contributed by atoms with van der Waals surface area (Å²) < 4.78 is 39.2. The van der Waals surface area contributed by atoms with Crippen LogP contribution in [0.15, 0.2) is 5.38 Å². The van der Waals surface area contributed by atoms with E-state index >= 15 is 0 Å². The predicted molar refractivity (Wildman–Crippen MR) is 76.5 cm³/mol. The summed E-state index contributed by atoms with van der Waals surface area (Å²) in [5.41, 5.74) is 5.37. The van der Waals surface area contributed by atoms with Crippen LogP contribution in [-0.4, -0.2) is 23.1 Å². The van der Waals surface area contributed by atoms with Crippen LogP contribution in [0.4, 0.5) is 13.2 Å². The van der Waals surface area contributed by atoms with Crippen molar-refractivity contribution in [1.29, 1.82) is 0 Å². The summed E-state index contributed by atoms with van der Waals surface area (Å²) in [6.07, 6.45) is -1.88. The third kappa shape index (κ3) is 4.55. The topological polar surface area (TPSA) is 68.0 Å². The second-order valence-electron chi connectivity index (χ2n) is 4.87. The summed E-state index contributed by atoms with van der Waals surface area (Å²) in [7, 11) is 0. The number of halogens is 4. The van der Waals surface area contributed by atoms with Crippen LogP contribution >= 0.6 is 23.7 Å². The van der Waals surface area contributed by atoms with Crippen LogP contribution in [0.2, 0.25) is 0 Å². The largest absolute Gasteiger partial charge is 0.408 e. The van der Waals surface area contributed by atoms with E-state index in [2.05, 4.69) is 10.3 Å². The van der Waals surface area contributed by atoms with Gasteiger partial charge in [-0.15, -0.1) is 23.7 Å². The molecule has 1 atom stereocenters. The molecule has 1 unspecified atom stereocenters. The number of nitrogens with zero attached hydrogens (tertiary/aromatic N) is 1. The van der Waals surface area contributed by atoms with Crippen LogP contribution in [0.1, 0.15) is 41.2 Å². The second-order valence-corrected chi connectivity index (χ2v) is 5.81. The lowest BCUT2D eigenvalue weighted by Crippen LogP contribution is -2.49. The average Bonchev–Trinajstić information content (AvgIpc) is 3.04. The molecule has 0 bridgehead atoms. The smallest absolute Gasteiger partial charge is 0.339 e. The molecule has 0 aromatic carbocycles. The molecule has 2 rings (SSSR count). The first-order chi connectivity index (χ1) is 9.41.